The molecule has 90 valence electrons. The molecule has 1 unspecified atom stereocenters. The van der Waals surface area contributed by atoms with Gasteiger partial charge in [0.1, 0.15) is 6.29 Å². The minimum atomic E-state index is -0.0979. The molecule has 18 heavy (non-hydrogen) atoms. The predicted molar refractivity (Wildman–Crippen MR) is 72.9 cm³/mol. The molecule has 0 heterocycles. The van der Waals surface area contributed by atoms with E-state index in [0.29, 0.717) is 0 Å². The Kier molecular flexibility index (Phi) is 2.75. The lowest BCUT2D eigenvalue weighted by Crippen LogP contribution is -2.05. The first kappa shape index (κ1) is 11.2. The number of hydrogen-bond acceptors (Lipinski definition) is 1. The molecule has 2 aromatic carbocycles. The van der Waals surface area contributed by atoms with Crippen molar-refractivity contribution in [3.63, 3.8) is 0 Å². The summed E-state index contributed by atoms with van der Waals surface area (Å²) in [6.45, 7) is 2.11. The van der Waals surface area contributed by atoms with Gasteiger partial charge < -0.3 is 4.79 Å². The van der Waals surface area contributed by atoms with Crippen LogP contribution in [0.4, 0.5) is 0 Å². The second-order valence-corrected chi connectivity index (χ2v) is 5.01. The van der Waals surface area contributed by atoms with E-state index in [1.807, 2.05) is 6.07 Å². The van der Waals surface area contributed by atoms with Gasteiger partial charge in [-0.2, -0.15) is 0 Å². The molecular weight excluding hydrogens is 220 g/mol. The number of aldehydes is 1. The van der Waals surface area contributed by atoms with Gasteiger partial charge in [-0.3, -0.25) is 0 Å². The monoisotopic (exact) mass is 236 g/mol. The van der Waals surface area contributed by atoms with Crippen molar-refractivity contribution in [1.29, 1.82) is 0 Å². The fraction of sp³-hybridized carbons (Fsp3) is 0.235. The maximum atomic E-state index is 11.5. The lowest BCUT2D eigenvalue weighted by atomic mass is 9.89. The van der Waals surface area contributed by atoms with Crippen LogP contribution < -0.4 is 0 Å². The van der Waals surface area contributed by atoms with Crippen LogP contribution in [0.5, 0.6) is 0 Å². The Labute approximate surface area is 107 Å². The van der Waals surface area contributed by atoms with Gasteiger partial charge >= 0.3 is 0 Å². The molecule has 1 heteroatoms. The number of fused-ring (bicyclic) bond motifs is 2. The topological polar surface area (TPSA) is 17.1 Å². The summed E-state index contributed by atoms with van der Waals surface area (Å²) < 4.78 is 0. The average Bonchev–Trinajstić information content (AvgIpc) is 2.55. The molecule has 0 saturated heterocycles. The van der Waals surface area contributed by atoms with Gasteiger partial charge in [0.2, 0.25) is 0 Å². The molecule has 0 amide bonds. The Morgan fingerprint density at radius 1 is 1.00 bits per heavy atom. The van der Waals surface area contributed by atoms with Crippen molar-refractivity contribution in [2.75, 3.05) is 0 Å². The minimum absolute atomic E-state index is 0.0979. The molecule has 2 aromatic rings. The van der Waals surface area contributed by atoms with Crippen molar-refractivity contribution < 1.29 is 4.79 Å². The van der Waals surface area contributed by atoms with Gasteiger partial charge in [-0.1, -0.05) is 48.0 Å². The van der Waals surface area contributed by atoms with Gasteiger partial charge in [0.25, 0.3) is 0 Å². The van der Waals surface area contributed by atoms with Gasteiger partial charge in [0, 0.05) is 0 Å². The van der Waals surface area contributed by atoms with Crippen LogP contribution in [-0.2, 0) is 17.6 Å². The van der Waals surface area contributed by atoms with E-state index in [2.05, 4.69) is 43.3 Å². The zero-order valence-corrected chi connectivity index (χ0v) is 10.5. The second kappa shape index (κ2) is 4.41. The molecule has 0 aromatic heterocycles. The largest absolute Gasteiger partial charge is 0.302 e. The number of carbonyl (C=O) groups is 1. The number of benzene rings is 2. The summed E-state index contributed by atoms with van der Waals surface area (Å²) in [7, 11) is 0. The first-order chi connectivity index (χ1) is 8.79. The van der Waals surface area contributed by atoms with Crippen LogP contribution in [0.15, 0.2) is 42.5 Å². The van der Waals surface area contributed by atoms with Crippen LogP contribution in [-0.4, -0.2) is 6.29 Å². The fourth-order valence-corrected chi connectivity index (χ4v) is 2.90. The Morgan fingerprint density at radius 3 is 2.56 bits per heavy atom. The van der Waals surface area contributed by atoms with Crippen molar-refractivity contribution in [3.05, 3.63) is 70.3 Å². The Bertz CT molecular complexity index is 598. The first-order valence-corrected chi connectivity index (χ1v) is 6.42. The van der Waals surface area contributed by atoms with Gasteiger partial charge in [-0.25, -0.2) is 0 Å². The van der Waals surface area contributed by atoms with Crippen LogP contribution in [0.3, 0.4) is 0 Å². The minimum Gasteiger partial charge on any atom is -0.302 e. The molecule has 0 spiro atoms. The lowest BCUT2D eigenvalue weighted by molar-refractivity contribution is -0.108. The van der Waals surface area contributed by atoms with Crippen LogP contribution >= 0.6 is 0 Å². The Morgan fingerprint density at radius 2 is 1.72 bits per heavy atom. The van der Waals surface area contributed by atoms with Crippen molar-refractivity contribution in [3.8, 4) is 0 Å². The highest BCUT2D eigenvalue weighted by molar-refractivity contribution is 5.71. The molecule has 1 atom stereocenters. The number of aryl methyl sites for hydroxylation is 3. The van der Waals surface area contributed by atoms with Crippen LogP contribution in [0.1, 0.15) is 33.7 Å². The van der Waals surface area contributed by atoms with E-state index in [1.165, 1.54) is 27.8 Å². The first-order valence-electron chi connectivity index (χ1n) is 6.42. The molecular formula is C17H16O. The maximum Gasteiger partial charge on any atom is 0.131 e. The number of rotatable bonds is 1. The summed E-state index contributed by atoms with van der Waals surface area (Å²) in [6, 6.07) is 14.7. The molecule has 0 fully saturated rings. The molecule has 0 bridgehead atoms. The van der Waals surface area contributed by atoms with Crippen LogP contribution in [0.25, 0.3) is 0 Å². The van der Waals surface area contributed by atoms with Crippen molar-refractivity contribution in [2.45, 2.75) is 25.7 Å². The van der Waals surface area contributed by atoms with Crippen molar-refractivity contribution in [2.24, 2.45) is 0 Å². The molecule has 0 N–H and O–H groups in total. The number of hydrogen-bond donors (Lipinski definition) is 0. The SMILES string of the molecule is Cc1ccc2c(c1)CCc1ccccc1C2C=O. The van der Waals surface area contributed by atoms with Crippen LogP contribution in [0.2, 0.25) is 0 Å². The summed E-state index contributed by atoms with van der Waals surface area (Å²) in [5.74, 6) is -0.0979. The van der Waals surface area contributed by atoms with Crippen LogP contribution in [0, 0.1) is 6.92 Å². The highest BCUT2D eigenvalue weighted by Crippen LogP contribution is 2.33. The molecule has 0 saturated carbocycles. The van der Waals surface area contributed by atoms with Gasteiger partial charge in [0.15, 0.2) is 0 Å². The van der Waals surface area contributed by atoms with E-state index in [4.69, 9.17) is 0 Å². The summed E-state index contributed by atoms with van der Waals surface area (Å²) in [6.07, 6.45) is 3.13. The van der Waals surface area contributed by atoms with E-state index < -0.39 is 0 Å². The summed E-state index contributed by atoms with van der Waals surface area (Å²) >= 11 is 0. The van der Waals surface area contributed by atoms with E-state index in [-0.39, 0.29) is 5.92 Å². The van der Waals surface area contributed by atoms with E-state index in [0.717, 1.165) is 19.1 Å². The summed E-state index contributed by atoms with van der Waals surface area (Å²) in [5, 5.41) is 0. The van der Waals surface area contributed by atoms with E-state index >= 15 is 0 Å². The zero-order chi connectivity index (χ0) is 12.5. The quantitative estimate of drug-likeness (QED) is 0.693. The molecule has 1 nitrogen and oxygen atoms in total. The van der Waals surface area contributed by atoms with Gasteiger partial charge in [0.05, 0.1) is 5.92 Å². The smallest absolute Gasteiger partial charge is 0.131 e. The molecule has 0 aliphatic heterocycles. The fourth-order valence-electron chi connectivity index (χ4n) is 2.90. The Hall–Kier alpha value is -1.89. The normalized spacial score (nSPS) is 17.5. The maximum absolute atomic E-state index is 11.5. The predicted octanol–water partition coefficient (Wildman–Crippen LogP) is 3.42. The molecule has 3 rings (SSSR count). The number of carbonyl (C=O) groups excluding carboxylic acids is 1. The molecule has 0 radical (unpaired) electrons. The second-order valence-electron chi connectivity index (χ2n) is 5.01. The molecule has 1 aliphatic rings. The third-order valence-corrected chi connectivity index (χ3v) is 3.82. The highest BCUT2D eigenvalue weighted by Gasteiger charge is 2.22. The van der Waals surface area contributed by atoms with E-state index in [9.17, 15) is 4.79 Å². The van der Waals surface area contributed by atoms with Crippen molar-refractivity contribution in [1.82, 2.24) is 0 Å². The highest BCUT2D eigenvalue weighted by atomic mass is 16.1. The average molecular weight is 236 g/mol. The van der Waals surface area contributed by atoms with Gasteiger partial charge in [-0.15, -0.1) is 0 Å². The third kappa shape index (κ3) is 1.76. The molecule has 1 aliphatic carbocycles. The summed E-state index contributed by atoms with van der Waals surface area (Å²) in [5.41, 5.74) is 6.26. The summed E-state index contributed by atoms with van der Waals surface area (Å²) in [4.78, 5) is 11.5. The van der Waals surface area contributed by atoms with E-state index in [1.54, 1.807) is 0 Å². The standard InChI is InChI=1S/C17H16O/c1-12-6-9-16-14(10-12)8-7-13-4-2-3-5-15(13)17(16)11-18/h2-6,9-11,17H,7-8H2,1H3. The lowest BCUT2D eigenvalue weighted by Gasteiger charge is -2.14. The Balaban J connectivity index is 2.21. The van der Waals surface area contributed by atoms with Gasteiger partial charge in [-0.05, 0) is 42.0 Å². The third-order valence-electron chi connectivity index (χ3n) is 3.82. The zero-order valence-electron chi connectivity index (χ0n) is 10.5. The van der Waals surface area contributed by atoms with Crippen molar-refractivity contribution >= 4 is 6.29 Å².